The lowest BCUT2D eigenvalue weighted by Gasteiger charge is -2.27. The monoisotopic (exact) mass is 432 g/mol. The van der Waals surface area contributed by atoms with Gasteiger partial charge in [-0.15, -0.1) is 0 Å². The minimum Gasteiger partial charge on any atom is -0.271 e. The summed E-state index contributed by atoms with van der Waals surface area (Å²) in [6, 6.07) is 41.1. The van der Waals surface area contributed by atoms with Gasteiger partial charge in [-0.05, 0) is 22.3 Å². The van der Waals surface area contributed by atoms with Crippen LogP contribution in [0.5, 0.6) is 0 Å². The van der Waals surface area contributed by atoms with Crippen LogP contribution in [0, 0.1) is 0 Å². The molecule has 0 bridgehead atoms. The Balaban J connectivity index is 1.57. The molecule has 4 aromatic rings. The third-order valence-electron chi connectivity index (χ3n) is 5.08. The van der Waals surface area contributed by atoms with Gasteiger partial charge in [-0.3, -0.25) is 10.0 Å². The zero-order valence-corrected chi connectivity index (χ0v) is 18.6. The normalized spacial score (nSPS) is 11.2. The molecule has 0 aliphatic rings. The van der Waals surface area contributed by atoms with Gasteiger partial charge in [0.25, 0.3) is 0 Å². The van der Waals surface area contributed by atoms with Crippen molar-refractivity contribution in [1.82, 2.24) is 10.0 Å². The first-order chi connectivity index (χ1) is 16.3. The third kappa shape index (κ3) is 7.47. The molecule has 0 aliphatic heterocycles. The molecule has 4 nitrogen and oxygen atoms in total. The van der Waals surface area contributed by atoms with Gasteiger partial charge in [0.2, 0.25) is 0 Å². The molecule has 164 valence electrons. The number of nitrogens with zero attached hydrogens (tertiary/aromatic N) is 4. The molecule has 0 spiro atoms. The van der Waals surface area contributed by atoms with Gasteiger partial charge in [-0.2, -0.15) is 10.2 Å². The zero-order valence-electron chi connectivity index (χ0n) is 18.6. The van der Waals surface area contributed by atoms with Crippen molar-refractivity contribution in [3.05, 3.63) is 144 Å². The van der Waals surface area contributed by atoms with Gasteiger partial charge in [0, 0.05) is 0 Å². The van der Waals surface area contributed by atoms with E-state index in [1.807, 2.05) is 71.0 Å². The molecule has 0 radical (unpaired) electrons. The van der Waals surface area contributed by atoms with E-state index in [9.17, 15) is 0 Å². The molecule has 4 heteroatoms. The second kappa shape index (κ2) is 12.0. The predicted molar refractivity (Wildman–Crippen MR) is 137 cm³/mol. The van der Waals surface area contributed by atoms with Gasteiger partial charge >= 0.3 is 0 Å². The lowest BCUT2D eigenvalue weighted by Crippen LogP contribution is -2.31. The van der Waals surface area contributed by atoms with Crippen LogP contribution in [0.2, 0.25) is 0 Å². The minimum atomic E-state index is 0.552. The second-order valence-corrected chi connectivity index (χ2v) is 7.75. The molecule has 0 aromatic heterocycles. The Labute approximate surface area is 196 Å². The highest BCUT2D eigenvalue weighted by Gasteiger charge is 2.10. The van der Waals surface area contributed by atoms with E-state index in [0.29, 0.717) is 19.8 Å². The van der Waals surface area contributed by atoms with E-state index >= 15 is 0 Å². The van der Waals surface area contributed by atoms with Crippen molar-refractivity contribution in [1.29, 1.82) is 0 Å². The molecule has 0 heterocycles. The summed E-state index contributed by atoms with van der Waals surface area (Å²) < 4.78 is 0. The summed E-state index contributed by atoms with van der Waals surface area (Å²) in [4.78, 5) is 0. The van der Waals surface area contributed by atoms with Crippen molar-refractivity contribution < 1.29 is 0 Å². The van der Waals surface area contributed by atoms with Crippen LogP contribution in [-0.2, 0) is 13.1 Å². The maximum Gasteiger partial charge on any atom is 0.124 e. The quantitative estimate of drug-likeness (QED) is 0.174. The molecule has 0 N–H and O–H groups in total. The van der Waals surface area contributed by atoms with Crippen molar-refractivity contribution >= 4 is 12.4 Å². The largest absolute Gasteiger partial charge is 0.271 e. The Morgan fingerprint density at radius 1 is 0.455 bits per heavy atom. The predicted octanol–water partition coefficient (Wildman–Crippen LogP) is 6.02. The molecule has 0 amide bonds. The van der Waals surface area contributed by atoms with Crippen molar-refractivity contribution in [3.63, 3.8) is 0 Å². The maximum atomic E-state index is 4.82. The number of hydrazone groups is 2. The molecule has 0 unspecified atom stereocenters. The molecule has 0 saturated carbocycles. The molecule has 0 atom stereocenters. The summed E-state index contributed by atoms with van der Waals surface area (Å²) in [7, 11) is 0. The molecule has 0 fully saturated rings. The van der Waals surface area contributed by atoms with Gasteiger partial charge in [0.15, 0.2) is 0 Å². The first-order valence-corrected chi connectivity index (χ1v) is 11.1. The Morgan fingerprint density at radius 3 is 1.15 bits per heavy atom. The molecular formula is C29H28N4. The summed E-state index contributed by atoms with van der Waals surface area (Å²) in [6.07, 6.45) is 3.81. The highest BCUT2D eigenvalue weighted by Crippen LogP contribution is 2.11. The van der Waals surface area contributed by atoms with E-state index < -0.39 is 0 Å². The van der Waals surface area contributed by atoms with E-state index in [4.69, 9.17) is 10.2 Å². The average molecular weight is 433 g/mol. The van der Waals surface area contributed by atoms with Crippen LogP contribution in [0.4, 0.5) is 0 Å². The highest BCUT2D eigenvalue weighted by atomic mass is 15.6. The molecule has 4 rings (SSSR count). The summed E-state index contributed by atoms with van der Waals surface area (Å²) in [6.45, 7) is 1.93. The number of hydrogen-bond acceptors (Lipinski definition) is 4. The maximum absolute atomic E-state index is 4.82. The SMILES string of the molecule is C(=N\N(Cc1ccccc1)CN(Cc1ccccc1)/N=C/c1ccccc1)/c1ccccc1. The summed E-state index contributed by atoms with van der Waals surface area (Å²) >= 11 is 0. The van der Waals surface area contributed by atoms with Crippen LogP contribution in [0.3, 0.4) is 0 Å². The first kappa shape index (κ1) is 22.0. The second-order valence-electron chi connectivity index (χ2n) is 7.75. The van der Waals surface area contributed by atoms with Crippen LogP contribution in [0.25, 0.3) is 0 Å². The minimum absolute atomic E-state index is 0.552. The Bertz CT molecular complexity index is 1030. The summed E-state index contributed by atoms with van der Waals surface area (Å²) in [5, 5.41) is 13.7. The smallest absolute Gasteiger partial charge is 0.124 e. The van der Waals surface area contributed by atoms with Crippen LogP contribution in [0.15, 0.2) is 132 Å². The van der Waals surface area contributed by atoms with Crippen LogP contribution < -0.4 is 0 Å². The highest BCUT2D eigenvalue weighted by molar-refractivity contribution is 5.79. The van der Waals surface area contributed by atoms with Crippen LogP contribution >= 0.6 is 0 Å². The van der Waals surface area contributed by atoms with Crippen molar-refractivity contribution in [2.24, 2.45) is 10.2 Å². The fourth-order valence-corrected chi connectivity index (χ4v) is 3.41. The molecular weight excluding hydrogens is 404 g/mol. The molecule has 33 heavy (non-hydrogen) atoms. The number of rotatable bonds is 10. The molecule has 0 saturated heterocycles. The van der Waals surface area contributed by atoms with E-state index in [2.05, 4.69) is 72.8 Å². The van der Waals surface area contributed by atoms with Crippen LogP contribution in [-0.4, -0.2) is 29.1 Å². The van der Waals surface area contributed by atoms with Gasteiger partial charge in [0.1, 0.15) is 6.67 Å². The van der Waals surface area contributed by atoms with Gasteiger partial charge < -0.3 is 0 Å². The van der Waals surface area contributed by atoms with Gasteiger partial charge in [-0.1, -0.05) is 121 Å². The average Bonchev–Trinajstić information content (AvgIpc) is 2.88. The van der Waals surface area contributed by atoms with Gasteiger partial charge in [-0.25, -0.2) is 0 Å². The number of benzene rings is 4. The van der Waals surface area contributed by atoms with E-state index in [0.717, 1.165) is 11.1 Å². The van der Waals surface area contributed by atoms with Crippen molar-refractivity contribution in [3.8, 4) is 0 Å². The van der Waals surface area contributed by atoms with E-state index in [-0.39, 0.29) is 0 Å². The Morgan fingerprint density at radius 2 is 0.788 bits per heavy atom. The lowest BCUT2D eigenvalue weighted by molar-refractivity contribution is 0.128. The van der Waals surface area contributed by atoms with Gasteiger partial charge in [0.05, 0.1) is 25.5 Å². The van der Waals surface area contributed by atoms with E-state index in [1.165, 1.54) is 11.1 Å². The van der Waals surface area contributed by atoms with Crippen molar-refractivity contribution in [2.75, 3.05) is 6.67 Å². The standard InChI is InChI=1S/C29H28N4/c1-5-13-26(14-6-1)21-30-32(23-28-17-9-3-10-18-28)25-33(24-29-19-11-4-12-20-29)31-22-27-15-7-2-8-16-27/h1-22H,23-25H2/b30-21+,31-22+. The Hall–Kier alpha value is -4.18. The summed E-state index contributed by atoms with van der Waals surface area (Å²) in [5.74, 6) is 0. The van der Waals surface area contributed by atoms with E-state index in [1.54, 1.807) is 0 Å². The summed E-state index contributed by atoms with van der Waals surface area (Å²) in [5.41, 5.74) is 4.54. The number of hydrogen-bond donors (Lipinski definition) is 0. The zero-order chi connectivity index (χ0) is 22.6. The van der Waals surface area contributed by atoms with Crippen LogP contribution in [0.1, 0.15) is 22.3 Å². The third-order valence-corrected chi connectivity index (χ3v) is 5.08. The topological polar surface area (TPSA) is 31.2 Å². The van der Waals surface area contributed by atoms with Crippen molar-refractivity contribution in [2.45, 2.75) is 13.1 Å². The lowest BCUT2D eigenvalue weighted by atomic mass is 10.2. The fourth-order valence-electron chi connectivity index (χ4n) is 3.41. The fraction of sp³-hybridized carbons (Fsp3) is 0.103. The first-order valence-electron chi connectivity index (χ1n) is 11.1. The Kier molecular flexibility index (Phi) is 8.02. The molecule has 4 aromatic carbocycles. The molecule has 0 aliphatic carbocycles.